The van der Waals surface area contributed by atoms with Gasteiger partial charge in [0.15, 0.2) is 8.32 Å². The summed E-state index contributed by atoms with van der Waals surface area (Å²) in [6.07, 6.45) is 12.2. The number of hydrogen-bond acceptors (Lipinski definition) is 4. The Morgan fingerprint density at radius 2 is 1.78 bits per heavy atom. The van der Waals surface area contributed by atoms with Gasteiger partial charge >= 0.3 is 0 Å². The molecule has 0 aromatic carbocycles. The second-order valence-electron chi connectivity index (χ2n) is 12.8. The molecule has 37 heavy (non-hydrogen) atoms. The second-order valence-corrected chi connectivity index (χ2v) is 17.6. The SMILES string of the molecule is C[C@@H]1CN(c2ccncc2CCc2ccc(F)c(C3=CCCCC3)n2)C[C@H](C)C1O[Si](C)(C)C(C)(C)C. The highest BCUT2D eigenvalue weighted by molar-refractivity contribution is 6.74. The highest BCUT2D eigenvalue weighted by Gasteiger charge is 2.43. The van der Waals surface area contributed by atoms with Gasteiger partial charge < -0.3 is 9.33 Å². The van der Waals surface area contributed by atoms with Crippen LogP contribution in [-0.2, 0) is 17.3 Å². The third-order valence-corrected chi connectivity index (χ3v) is 13.2. The topological polar surface area (TPSA) is 38.2 Å². The van der Waals surface area contributed by atoms with Gasteiger partial charge in [0.2, 0.25) is 0 Å². The molecule has 6 heteroatoms. The summed E-state index contributed by atoms with van der Waals surface area (Å²) < 4.78 is 21.5. The Bertz CT molecular complexity index is 1100. The van der Waals surface area contributed by atoms with Crippen molar-refractivity contribution in [3.63, 3.8) is 0 Å². The molecule has 3 atom stereocenters. The van der Waals surface area contributed by atoms with Crippen molar-refractivity contribution < 1.29 is 8.82 Å². The van der Waals surface area contributed by atoms with Crippen LogP contribution in [0.3, 0.4) is 0 Å². The first-order valence-electron chi connectivity index (χ1n) is 14.2. The van der Waals surface area contributed by atoms with Gasteiger partial charge in [-0.05, 0) is 97.8 Å². The fourth-order valence-electron chi connectivity index (χ4n) is 5.57. The van der Waals surface area contributed by atoms with E-state index in [1.165, 1.54) is 17.7 Å². The quantitative estimate of drug-likeness (QED) is 0.347. The number of piperidine rings is 1. The molecule has 0 bridgehead atoms. The number of pyridine rings is 2. The Morgan fingerprint density at radius 1 is 1.05 bits per heavy atom. The minimum Gasteiger partial charge on any atom is -0.413 e. The van der Waals surface area contributed by atoms with Crippen LogP contribution in [0.25, 0.3) is 5.57 Å². The summed E-state index contributed by atoms with van der Waals surface area (Å²) >= 11 is 0. The molecule has 0 spiro atoms. The maximum Gasteiger partial charge on any atom is 0.192 e. The van der Waals surface area contributed by atoms with E-state index >= 15 is 0 Å². The van der Waals surface area contributed by atoms with Gasteiger partial charge in [0.25, 0.3) is 0 Å². The Labute approximate surface area is 224 Å². The Balaban J connectivity index is 1.46. The second kappa shape index (κ2) is 11.4. The highest BCUT2D eigenvalue weighted by atomic mass is 28.4. The predicted molar refractivity (Wildman–Crippen MR) is 155 cm³/mol. The minimum absolute atomic E-state index is 0.204. The fourth-order valence-corrected chi connectivity index (χ4v) is 7.07. The average Bonchev–Trinajstić information content (AvgIpc) is 2.85. The molecule has 1 unspecified atom stereocenters. The number of aryl methyl sites for hydroxylation is 2. The van der Waals surface area contributed by atoms with Crippen LogP contribution in [0.1, 0.15) is 77.3 Å². The van der Waals surface area contributed by atoms with Gasteiger partial charge in [-0.25, -0.2) is 4.39 Å². The zero-order valence-electron chi connectivity index (χ0n) is 24.0. The van der Waals surface area contributed by atoms with Crippen molar-refractivity contribution in [3.05, 3.63) is 59.4 Å². The number of allylic oxidation sites excluding steroid dienone is 2. The van der Waals surface area contributed by atoms with Crippen LogP contribution in [0.4, 0.5) is 10.1 Å². The van der Waals surface area contributed by atoms with Crippen molar-refractivity contribution in [1.82, 2.24) is 9.97 Å². The summed E-state index contributed by atoms with van der Waals surface area (Å²) in [4.78, 5) is 11.7. The molecule has 202 valence electrons. The first kappa shape index (κ1) is 28.0. The zero-order valence-corrected chi connectivity index (χ0v) is 25.0. The van der Waals surface area contributed by atoms with Crippen LogP contribution in [-0.4, -0.2) is 37.5 Å². The molecule has 3 heterocycles. The first-order chi connectivity index (χ1) is 17.5. The molecule has 2 aromatic rings. The maximum absolute atomic E-state index is 14.6. The molecule has 1 saturated heterocycles. The van der Waals surface area contributed by atoms with Crippen LogP contribution < -0.4 is 4.90 Å². The molecular weight excluding hydrogens is 477 g/mol. The van der Waals surface area contributed by atoms with Crippen LogP contribution in [0.5, 0.6) is 0 Å². The number of nitrogens with zero attached hydrogens (tertiary/aromatic N) is 3. The summed E-state index contributed by atoms with van der Waals surface area (Å²) in [7, 11) is -1.83. The largest absolute Gasteiger partial charge is 0.413 e. The summed E-state index contributed by atoms with van der Waals surface area (Å²) in [5.41, 5.74) is 5.06. The predicted octanol–water partition coefficient (Wildman–Crippen LogP) is 7.84. The molecule has 0 N–H and O–H groups in total. The van der Waals surface area contributed by atoms with E-state index in [0.29, 0.717) is 23.6 Å². The van der Waals surface area contributed by atoms with Gasteiger partial charge in [0, 0.05) is 36.9 Å². The number of anilines is 1. The van der Waals surface area contributed by atoms with Gasteiger partial charge in [-0.1, -0.05) is 40.7 Å². The van der Waals surface area contributed by atoms with Crippen LogP contribution in [0, 0.1) is 17.7 Å². The molecule has 1 aliphatic carbocycles. The van der Waals surface area contributed by atoms with Crippen molar-refractivity contribution in [2.45, 2.75) is 97.4 Å². The van der Waals surface area contributed by atoms with E-state index in [-0.39, 0.29) is 10.9 Å². The zero-order chi connectivity index (χ0) is 26.8. The minimum atomic E-state index is -1.83. The molecule has 0 amide bonds. The van der Waals surface area contributed by atoms with Crippen molar-refractivity contribution >= 4 is 19.6 Å². The molecular formula is C31H46FN3OSi. The van der Waals surface area contributed by atoms with Crippen molar-refractivity contribution in [2.24, 2.45) is 11.8 Å². The van der Waals surface area contributed by atoms with Gasteiger partial charge in [-0.3, -0.25) is 9.97 Å². The lowest BCUT2D eigenvalue weighted by Crippen LogP contribution is -2.54. The molecule has 1 fully saturated rings. The van der Waals surface area contributed by atoms with Crippen molar-refractivity contribution in [2.75, 3.05) is 18.0 Å². The highest BCUT2D eigenvalue weighted by Crippen LogP contribution is 2.41. The molecule has 0 saturated carbocycles. The summed E-state index contributed by atoms with van der Waals surface area (Å²) in [6.45, 7) is 18.3. The summed E-state index contributed by atoms with van der Waals surface area (Å²) in [5.74, 6) is 0.692. The van der Waals surface area contributed by atoms with E-state index in [1.807, 2.05) is 18.5 Å². The van der Waals surface area contributed by atoms with E-state index in [0.717, 1.165) is 56.5 Å². The van der Waals surface area contributed by atoms with Crippen molar-refractivity contribution in [3.8, 4) is 0 Å². The Kier molecular flexibility index (Phi) is 8.59. The van der Waals surface area contributed by atoms with Crippen LogP contribution >= 0.6 is 0 Å². The molecule has 0 radical (unpaired) electrons. The molecule has 2 aromatic heterocycles. The lowest BCUT2D eigenvalue weighted by atomic mass is 9.87. The normalized spacial score (nSPS) is 23.2. The first-order valence-corrected chi connectivity index (χ1v) is 17.1. The van der Waals surface area contributed by atoms with E-state index in [2.05, 4.69) is 69.7 Å². The third kappa shape index (κ3) is 6.51. The van der Waals surface area contributed by atoms with Gasteiger partial charge in [0.05, 0.1) is 6.10 Å². The van der Waals surface area contributed by atoms with Gasteiger partial charge in [-0.2, -0.15) is 0 Å². The maximum atomic E-state index is 14.6. The van der Waals surface area contributed by atoms with E-state index in [1.54, 1.807) is 6.07 Å². The van der Waals surface area contributed by atoms with Crippen molar-refractivity contribution in [1.29, 1.82) is 0 Å². The molecule has 1 aliphatic heterocycles. The number of hydrogen-bond donors (Lipinski definition) is 0. The molecule has 4 rings (SSSR count). The van der Waals surface area contributed by atoms with E-state index < -0.39 is 8.32 Å². The van der Waals surface area contributed by atoms with Gasteiger partial charge in [0.1, 0.15) is 11.5 Å². The van der Waals surface area contributed by atoms with Crippen LogP contribution in [0.2, 0.25) is 18.1 Å². The van der Waals surface area contributed by atoms with E-state index in [9.17, 15) is 4.39 Å². The fraction of sp³-hybridized carbons (Fsp3) is 0.613. The average molecular weight is 524 g/mol. The number of rotatable bonds is 7. The monoisotopic (exact) mass is 523 g/mol. The Hall–Kier alpha value is -2.05. The molecule has 4 nitrogen and oxygen atoms in total. The van der Waals surface area contributed by atoms with Gasteiger partial charge in [-0.15, -0.1) is 0 Å². The van der Waals surface area contributed by atoms with E-state index in [4.69, 9.17) is 9.41 Å². The smallest absolute Gasteiger partial charge is 0.192 e. The summed E-state index contributed by atoms with van der Waals surface area (Å²) in [6, 6.07) is 5.58. The third-order valence-electron chi connectivity index (χ3n) is 8.74. The Morgan fingerprint density at radius 3 is 2.43 bits per heavy atom. The lowest BCUT2D eigenvalue weighted by molar-refractivity contribution is 0.0627. The van der Waals surface area contributed by atoms with Crippen LogP contribution in [0.15, 0.2) is 36.7 Å². The molecule has 2 aliphatic rings. The summed E-state index contributed by atoms with van der Waals surface area (Å²) in [5, 5.41) is 0.212. The number of aromatic nitrogens is 2. The lowest BCUT2D eigenvalue weighted by Gasteiger charge is -2.48. The standard InChI is InChI=1S/C31H46FN3OSi/c1-22-20-35(21-23(2)30(22)36-37(6,7)31(3,4)5)28-17-18-33-19-25(28)13-14-26-15-16-27(32)29(34-26)24-11-9-8-10-12-24/h11,15-19,22-23,30H,8-10,12-14,20-21H2,1-7H3/t22-,23+,30?. The number of halogens is 1.